The minimum Gasteiger partial charge on any atom is -0.379 e. The first kappa shape index (κ1) is 10.2. The molecule has 0 aliphatic carbocycles. The number of nitrogens with zero attached hydrogens (tertiary/aromatic N) is 3. The van der Waals surface area contributed by atoms with Crippen molar-refractivity contribution in [3.63, 3.8) is 0 Å². The van der Waals surface area contributed by atoms with Gasteiger partial charge in [-0.25, -0.2) is 4.39 Å². The Kier molecular flexibility index (Phi) is 8.53. The third-order valence-electron chi connectivity index (χ3n) is 1.08. The van der Waals surface area contributed by atoms with Crippen LogP contribution in [0.5, 0.6) is 0 Å². The molecule has 0 amide bonds. The lowest BCUT2D eigenvalue weighted by Crippen LogP contribution is -1.98. The van der Waals surface area contributed by atoms with Gasteiger partial charge in [-0.2, -0.15) is 0 Å². The van der Waals surface area contributed by atoms with Crippen molar-refractivity contribution in [2.24, 2.45) is 5.11 Å². The highest BCUT2D eigenvalue weighted by Crippen LogP contribution is 1.90. The maximum Gasteiger partial charge on any atom is 0.113 e. The molecule has 0 saturated heterocycles. The van der Waals surface area contributed by atoms with Crippen LogP contribution in [0.1, 0.15) is 12.8 Å². The molecular weight excluding hydrogens is 148 g/mol. The molecule has 0 rings (SSSR count). The van der Waals surface area contributed by atoms with Gasteiger partial charge in [0.15, 0.2) is 0 Å². The third-order valence-corrected chi connectivity index (χ3v) is 1.08. The Morgan fingerprint density at radius 1 is 1.36 bits per heavy atom. The van der Waals surface area contributed by atoms with Gasteiger partial charge in [-0.3, -0.25) is 0 Å². The van der Waals surface area contributed by atoms with Crippen LogP contribution in [0.2, 0.25) is 0 Å². The van der Waals surface area contributed by atoms with Crippen LogP contribution in [0, 0.1) is 0 Å². The summed E-state index contributed by atoms with van der Waals surface area (Å²) < 4.78 is 16.3. The fraction of sp³-hybridized carbons (Fsp3) is 1.00. The lowest BCUT2D eigenvalue weighted by molar-refractivity contribution is 0.116. The molecule has 0 aromatic heterocycles. The minimum atomic E-state index is -0.434. The van der Waals surface area contributed by atoms with E-state index in [0.717, 1.165) is 12.8 Å². The van der Waals surface area contributed by atoms with Crippen LogP contribution in [0.3, 0.4) is 0 Å². The van der Waals surface area contributed by atoms with Gasteiger partial charge in [-0.15, -0.1) is 0 Å². The lowest BCUT2D eigenvalue weighted by atomic mass is 10.3. The molecule has 64 valence electrons. The van der Waals surface area contributed by atoms with Crippen LogP contribution in [0.4, 0.5) is 4.39 Å². The molecule has 0 spiro atoms. The molecule has 0 atom stereocenters. The zero-order valence-corrected chi connectivity index (χ0v) is 6.37. The largest absolute Gasteiger partial charge is 0.379 e. The number of ether oxygens (including phenoxy) is 1. The van der Waals surface area contributed by atoms with Crippen LogP contribution < -0.4 is 0 Å². The second kappa shape index (κ2) is 9.20. The number of unbranched alkanes of at least 4 members (excludes halogenated alkanes) is 1. The van der Waals surface area contributed by atoms with E-state index in [1.54, 1.807) is 0 Å². The molecule has 0 fully saturated rings. The number of halogens is 1. The predicted molar refractivity (Wildman–Crippen MR) is 40.0 cm³/mol. The van der Waals surface area contributed by atoms with E-state index in [2.05, 4.69) is 10.0 Å². The molecule has 5 heteroatoms. The predicted octanol–water partition coefficient (Wildman–Crippen LogP) is 2.06. The van der Waals surface area contributed by atoms with Gasteiger partial charge in [0.25, 0.3) is 0 Å². The maximum absolute atomic E-state index is 11.4. The first-order valence-corrected chi connectivity index (χ1v) is 3.56. The Morgan fingerprint density at radius 2 is 2.18 bits per heavy atom. The molecule has 0 saturated carbocycles. The Hall–Kier alpha value is -0.800. The first-order valence-electron chi connectivity index (χ1n) is 3.56. The van der Waals surface area contributed by atoms with Crippen molar-refractivity contribution in [3.05, 3.63) is 10.4 Å². The lowest BCUT2D eigenvalue weighted by Gasteiger charge is -1.98. The third kappa shape index (κ3) is 9.20. The Balaban J connectivity index is 2.84. The minimum absolute atomic E-state index is 0.168. The van der Waals surface area contributed by atoms with Crippen molar-refractivity contribution < 1.29 is 9.13 Å². The van der Waals surface area contributed by atoms with Crippen LogP contribution in [0.25, 0.3) is 10.4 Å². The van der Waals surface area contributed by atoms with Crippen LogP contribution in [-0.2, 0) is 4.74 Å². The van der Waals surface area contributed by atoms with E-state index in [0.29, 0.717) is 13.2 Å². The molecule has 0 heterocycles. The van der Waals surface area contributed by atoms with Gasteiger partial charge in [0.2, 0.25) is 0 Å². The van der Waals surface area contributed by atoms with Crippen molar-refractivity contribution in [2.75, 3.05) is 26.4 Å². The summed E-state index contributed by atoms with van der Waals surface area (Å²) in [6.45, 7) is 0.776. The Morgan fingerprint density at radius 3 is 2.82 bits per heavy atom. The quantitative estimate of drug-likeness (QED) is 0.243. The molecule has 4 nitrogen and oxygen atoms in total. The van der Waals surface area contributed by atoms with E-state index in [-0.39, 0.29) is 6.61 Å². The number of rotatable bonds is 7. The van der Waals surface area contributed by atoms with E-state index >= 15 is 0 Å². The molecule has 0 aromatic rings. The summed E-state index contributed by atoms with van der Waals surface area (Å²) >= 11 is 0. The van der Waals surface area contributed by atoms with E-state index in [9.17, 15) is 4.39 Å². The average molecular weight is 160 g/mol. The smallest absolute Gasteiger partial charge is 0.113 e. The second-order valence-corrected chi connectivity index (χ2v) is 1.96. The molecule has 0 aliphatic heterocycles. The summed E-state index contributed by atoms with van der Waals surface area (Å²) in [5, 5.41) is 3.34. The molecule has 0 unspecified atom stereocenters. The molecule has 0 N–H and O–H groups in total. The number of hydrogen-bond donors (Lipinski definition) is 0. The molecule has 0 radical (unpaired) electrons. The normalized spacial score (nSPS) is 9.18. The molecule has 0 aromatic carbocycles. The maximum atomic E-state index is 11.4. The van der Waals surface area contributed by atoms with Crippen molar-refractivity contribution >= 4 is 0 Å². The van der Waals surface area contributed by atoms with E-state index in [1.807, 2.05) is 0 Å². The number of azide groups is 1. The fourth-order valence-corrected chi connectivity index (χ4v) is 0.588. The molecule has 0 bridgehead atoms. The molecule has 11 heavy (non-hydrogen) atoms. The van der Waals surface area contributed by atoms with Crippen LogP contribution in [0.15, 0.2) is 5.11 Å². The summed E-state index contributed by atoms with van der Waals surface area (Å²) in [4.78, 5) is 2.59. The highest BCUT2D eigenvalue weighted by atomic mass is 18.2. The zero-order chi connectivity index (χ0) is 8.36. The summed E-state index contributed by atoms with van der Waals surface area (Å²) in [6, 6.07) is 0. The summed E-state index contributed by atoms with van der Waals surface area (Å²) in [6.07, 6.45) is 1.62. The first-order chi connectivity index (χ1) is 5.41. The number of alkyl halides is 1. The number of hydrogen-bond acceptors (Lipinski definition) is 2. The topological polar surface area (TPSA) is 58.0 Å². The van der Waals surface area contributed by atoms with Crippen LogP contribution >= 0.6 is 0 Å². The SMILES string of the molecule is [N-]=[N+]=NCCCCOCC[18F]. The van der Waals surface area contributed by atoms with Gasteiger partial charge in [0, 0.05) is 18.1 Å². The van der Waals surface area contributed by atoms with Gasteiger partial charge in [-0.1, -0.05) is 5.11 Å². The van der Waals surface area contributed by atoms with E-state index in [1.165, 1.54) is 0 Å². The van der Waals surface area contributed by atoms with Crippen molar-refractivity contribution in [1.29, 1.82) is 0 Å². The van der Waals surface area contributed by atoms with E-state index in [4.69, 9.17) is 10.3 Å². The highest BCUT2D eigenvalue weighted by molar-refractivity contribution is 4.46. The van der Waals surface area contributed by atoms with Gasteiger partial charge in [0.1, 0.15) is 6.67 Å². The summed E-state index contributed by atoms with van der Waals surface area (Å²) in [5.41, 5.74) is 7.88. The fourth-order valence-electron chi connectivity index (χ4n) is 0.588. The van der Waals surface area contributed by atoms with Crippen LogP contribution in [-0.4, -0.2) is 26.4 Å². The van der Waals surface area contributed by atoms with Gasteiger partial charge < -0.3 is 4.74 Å². The Labute approximate surface area is 65.0 Å². The highest BCUT2D eigenvalue weighted by Gasteiger charge is 1.87. The van der Waals surface area contributed by atoms with Gasteiger partial charge in [-0.05, 0) is 18.4 Å². The van der Waals surface area contributed by atoms with Crippen molar-refractivity contribution in [1.82, 2.24) is 0 Å². The summed E-state index contributed by atoms with van der Waals surface area (Å²) in [5.74, 6) is 0. The standard InChI is InChI=1S/C6H12FN3O/c7-3-6-11-5-2-1-4-9-10-8/h1-6H2/i7-1. The Bertz CT molecular complexity index is 125. The van der Waals surface area contributed by atoms with Crippen molar-refractivity contribution in [3.8, 4) is 0 Å². The monoisotopic (exact) mass is 160 g/mol. The van der Waals surface area contributed by atoms with Crippen molar-refractivity contribution in [2.45, 2.75) is 12.8 Å². The average Bonchev–Trinajstić information content (AvgIpc) is 2.03. The molecule has 0 aliphatic rings. The zero-order valence-electron chi connectivity index (χ0n) is 6.37. The molecular formula is C6H12FN3O. The van der Waals surface area contributed by atoms with Gasteiger partial charge in [0.05, 0.1) is 6.61 Å². The second-order valence-electron chi connectivity index (χ2n) is 1.96. The summed E-state index contributed by atoms with van der Waals surface area (Å²) in [7, 11) is 0. The van der Waals surface area contributed by atoms with Gasteiger partial charge >= 0.3 is 0 Å². The van der Waals surface area contributed by atoms with E-state index < -0.39 is 6.67 Å².